The highest BCUT2D eigenvalue weighted by Crippen LogP contribution is 2.40. The number of nitrogens with zero attached hydrogens (tertiary/aromatic N) is 1. The largest absolute Gasteiger partial charge is 0.257 e. The van der Waals surface area contributed by atoms with Gasteiger partial charge in [0.25, 0.3) is 0 Å². The number of aliphatic imine (C=N–C) groups is 1. The van der Waals surface area contributed by atoms with Gasteiger partial charge in [0.15, 0.2) is 0 Å². The third-order valence-electron chi connectivity index (χ3n) is 3.48. The van der Waals surface area contributed by atoms with Gasteiger partial charge in [0.05, 0.1) is 5.69 Å². The maximum Gasteiger partial charge on any atom is 0.0673 e. The van der Waals surface area contributed by atoms with Crippen molar-refractivity contribution in [2.75, 3.05) is 0 Å². The molecule has 0 saturated carbocycles. The molecule has 1 heteroatoms. The number of hydrogen-bond donors (Lipinski definition) is 0. The van der Waals surface area contributed by atoms with Gasteiger partial charge in [-0.2, -0.15) is 0 Å². The second kappa shape index (κ2) is 6.72. The van der Waals surface area contributed by atoms with Crippen LogP contribution in [0.5, 0.6) is 0 Å². The van der Waals surface area contributed by atoms with Gasteiger partial charge in [-0.1, -0.05) is 47.6 Å². The first-order valence-electron chi connectivity index (χ1n) is 7.10. The summed E-state index contributed by atoms with van der Waals surface area (Å²) >= 11 is 0. The van der Waals surface area contributed by atoms with Crippen LogP contribution in [0.1, 0.15) is 65.2 Å². The van der Waals surface area contributed by atoms with Crippen LogP contribution in [0.25, 0.3) is 0 Å². The fourth-order valence-corrected chi connectivity index (χ4v) is 1.91. The maximum absolute atomic E-state index is 4.62. The van der Waals surface area contributed by atoms with E-state index >= 15 is 0 Å². The molecule has 0 N–H and O–H groups in total. The van der Waals surface area contributed by atoms with Crippen molar-refractivity contribution in [1.82, 2.24) is 0 Å². The van der Waals surface area contributed by atoms with Crippen LogP contribution < -0.4 is 0 Å². The van der Waals surface area contributed by atoms with E-state index in [-0.39, 0.29) is 5.41 Å². The molecule has 1 heterocycles. The Balaban J connectivity index is 0.000000659. The molecule has 1 aromatic carbocycles. The molecule has 2 rings (SSSR count). The van der Waals surface area contributed by atoms with Crippen LogP contribution in [0.3, 0.4) is 0 Å². The molecule has 0 bridgehead atoms. The predicted molar refractivity (Wildman–Crippen MR) is 84.4 cm³/mol. The van der Waals surface area contributed by atoms with Crippen molar-refractivity contribution in [1.29, 1.82) is 0 Å². The minimum absolute atomic E-state index is 0.119. The molecule has 0 radical (unpaired) electrons. The Hall–Kier alpha value is -1.11. The summed E-state index contributed by atoms with van der Waals surface area (Å²) in [5.41, 5.74) is 6.57. The van der Waals surface area contributed by atoms with Crippen molar-refractivity contribution in [3.05, 3.63) is 28.8 Å². The summed E-state index contributed by atoms with van der Waals surface area (Å²) in [6, 6.07) is 4.48. The lowest BCUT2D eigenvalue weighted by molar-refractivity contribution is 0.732. The fraction of sp³-hybridized carbons (Fsp3) is 0.588. The van der Waals surface area contributed by atoms with E-state index in [1.54, 1.807) is 0 Å². The zero-order chi connectivity index (χ0) is 14.5. The Labute approximate surface area is 113 Å². The van der Waals surface area contributed by atoms with E-state index in [4.69, 9.17) is 0 Å². The van der Waals surface area contributed by atoms with Crippen molar-refractivity contribution >= 4 is 11.4 Å². The number of benzene rings is 1. The number of fused-ring (bicyclic) bond motifs is 1. The minimum atomic E-state index is 0.119. The molecule has 0 atom stereocenters. The zero-order valence-electron chi connectivity index (χ0n) is 13.6. The average Bonchev–Trinajstić information content (AvgIpc) is 2.57. The topological polar surface area (TPSA) is 12.4 Å². The molecule has 0 spiro atoms. The van der Waals surface area contributed by atoms with E-state index in [0.29, 0.717) is 0 Å². The molecule has 1 nitrogen and oxygen atoms in total. The van der Waals surface area contributed by atoms with Crippen molar-refractivity contribution in [3.63, 3.8) is 0 Å². The van der Waals surface area contributed by atoms with Crippen LogP contribution in [0.4, 0.5) is 5.69 Å². The summed E-state index contributed by atoms with van der Waals surface area (Å²) in [5, 5.41) is 0. The number of hydrogen-bond acceptors (Lipinski definition) is 1. The molecule has 18 heavy (non-hydrogen) atoms. The van der Waals surface area contributed by atoms with E-state index in [2.05, 4.69) is 51.7 Å². The maximum atomic E-state index is 4.62. The highest BCUT2D eigenvalue weighted by atomic mass is 14.8. The molecule has 0 amide bonds. The Morgan fingerprint density at radius 3 is 1.78 bits per heavy atom. The monoisotopic (exact) mass is 247 g/mol. The first-order chi connectivity index (χ1) is 8.43. The van der Waals surface area contributed by atoms with Gasteiger partial charge >= 0.3 is 0 Å². The summed E-state index contributed by atoms with van der Waals surface area (Å²) in [6.45, 7) is 18.9. The van der Waals surface area contributed by atoms with Gasteiger partial charge in [0.2, 0.25) is 0 Å². The van der Waals surface area contributed by atoms with Gasteiger partial charge in [-0.15, -0.1) is 0 Å². The fourth-order valence-electron chi connectivity index (χ4n) is 1.91. The van der Waals surface area contributed by atoms with Crippen LogP contribution in [-0.4, -0.2) is 5.71 Å². The van der Waals surface area contributed by atoms with Crippen molar-refractivity contribution < 1.29 is 0 Å². The molecule has 102 valence electrons. The lowest BCUT2D eigenvalue weighted by Gasteiger charge is -2.20. The molecule has 0 aliphatic carbocycles. The van der Waals surface area contributed by atoms with Gasteiger partial charge < -0.3 is 0 Å². The Kier molecular flexibility index (Phi) is 6.31. The Bertz CT molecular complexity index is 425. The molecular formula is C17H29N. The molecule has 0 unspecified atom stereocenters. The van der Waals surface area contributed by atoms with Gasteiger partial charge in [0.1, 0.15) is 0 Å². The summed E-state index contributed by atoms with van der Waals surface area (Å²) < 4.78 is 0. The Morgan fingerprint density at radius 2 is 1.28 bits per heavy atom. The lowest BCUT2D eigenvalue weighted by Crippen LogP contribution is -2.22. The van der Waals surface area contributed by atoms with Crippen LogP contribution >= 0.6 is 0 Å². The van der Waals surface area contributed by atoms with E-state index < -0.39 is 0 Å². The molecule has 1 aliphatic rings. The molecule has 1 aromatic rings. The molecule has 0 aromatic heterocycles. The van der Waals surface area contributed by atoms with Crippen LogP contribution in [-0.2, 0) is 5.41 Å². The van der Waals surface area contributed by atoms with Gasteiger partial charge in [0, 0.05) is 11.1 Å². The highest BCUT2D eigenvalue weighted by Gasteiger charge is 2.32. The summed E-state index contributed by atoms with van der Waals surface area (Å²) in [6.07, 6.45) is 0. The third-order valence-corrected chi connectivity index (χ3v) is 3.48. The molecule has 0 saturated heterocycles. The third kappa shape index (κ3) is 3.01. The van der Waals surface area contributed by atoms with Gasteiger partial charge in [-0.3, -0.25) is 4.99 Å². The minimum Gasteiger partial charge on any atom is -0.257 e. The van der Waals surface area contributed by atoms with E-state index in [9.17, 15) is 0 Å². The first-order valence-corrected chi connectivity index (χ1v) is 7.10. The highest BCUT2D eigenvalue weighted by molar-refractivity contribution is 5.99. The Morgan fingerprint density at radius 1 is 0.833 bits per heavy atom. The van der Waals surface area contributed by atoms with E-state index in [0.717, 1.165) is 5.69 Å². The first kappa shape index (κ1) is 16.9. The lowest BCUT2D eigenvalue weighted by atomic mass is 9.81. The molecule has 1 aliphatic heterocycles. The van der Waals surface area contributed by atoms with Crippen molar-refractivity contribution in [3.8, 4) is 0 Å². The zero-order valence-corrected chi connectivity index (χ0v) is 13.6. The predicted octanol–water partition coefficient (Wildman–Crippen LogP) is 5.74. The standard InChI is InChI=1S/C13H17N.2C2H6/c1-8-6-11-12(7-9(8)2)14-10(3)13(11,4)5;2*1-2/h6-7H,1-5H3;2*1-2H3. The van der Waals surface area contributed by atoms with Crippen molar-refractivity contribution in [2.45, 2.75) is 67.7 Å². The molecular weight excluding hydrogens is 218 g/mol. The summed E-state index contributed by atoms with van der Waals surface area (Å²) in [4.78, 5) is 4.62. The van der Waals surface area contributed by atoms with Crippen LogP contribution in [0.15, 0.2) is 17.1 Å². The van der Waals surface area contributed by atoms with Crippen LogP contribution in [0.2, 0.25) is 0 Å². The average molecular weight is 247 g/mol. The van der Waals surface area contributed by atoms with Gasteiger partial charge in [-0.05, 0) is 43.5 Å². The number of rotatable bonds is 0. The van der Waals surface area contributed by atoms with Gasteiger partial charge in [-0.25, -0.2) is 0 Å². The second-order valence-electron chi connectivity index (χ2n) is 4.78. The number of aryl methyl sites for hydroxylation is 2. The second-order valence-corrected chi connectivity index (χ2v) is 4.78. The summed E-state index contributed by atoms with van der Waals surface area (Å²) in [5.74, 6) is 0. The quantitative estimate of drug-likeness (QED) is 0.554. The van der Waals surface area contributed by atoms with E-state index in [1.807, 2.05) is 27.7 Å². The smallest absolute Gasteiger partial charge is 0.0673 e. The summed E-state index contributed by atoms with van der Waals surface area (Å²) in [7, 11) is 0. The van der Waals surface area contributed by atoms with Crippen LogP contribution in [0, 0.1) is 13.8 Å². The SMILES string of the molecule is CC.CC.CC1=Nc2cc(C)c(C)cc2C1(C)C. The van der Waals surface area contributed by atoms with Crippen molar-refractivity contribution in [2.24, 2.45) is 4.99 Å². The molecule has 0 fully saturated rings. The van der Waals surface area contributed by atoms with E-state index in [1.165, 1.54) is 22.4 Å². The normalized spacial score (nSPS) is 14.6.